The smallest absolute Gasteiger partial charge is 0.270 e. The SMILES string of the molecule is CN1CC(N2CCC(C)(CN)CC2)=NC=C1Sc1cccc(NC(=O)c2c(O)nc3n(c2=O)CCCC3)c1Cl. The highest BCUT2D eigenvalue weighted by atomic mass is 35.5. The molecule has 1 saturated heterocycles. The van der Waals surface area contributed by atoms with Gasteiger partial charge in [0.2, 0.25) is 5.88 Å². The second-order valence-electron chi connectivity index (χ2n) is 10.7. The molecule has 3 aliphatic heterocycles. The van der Waals surface area contributed by atoms with Gasteiger partial charge in [-0.2, -0.15) is 4.98 Å². The van der Waals surface area contributed by atoms with E-state index in [0.29, 0.717) is 42.6 Å². The van der Waals surface area contributed by atoms with Crippen molar-refractivity contribution in [2.45, 2.75) is 50.5 Å². The van der Waals surface area contributed by atoms with E-state index in [1.807, 2.05) is 19.3 Å². The molecule has 12 heteroatoms. The summed E-state index contributed by atoms with van der Waals surface area (Å²) >= 11 is 8.14. The van der Waals surface area contributed by atoms with Crippen molar-refractivity contribution in [3.05, 3.63) is 56.2 Å². The summed E-state index contributed by atoms with van der Waals surface area (Å²) in [7, 11) is 2.01. The summed E-state index contributed by atoms with van der Waals surface area (Å²) < 4.78 is 1.47. The van der Waals surface area contributed by atoms with Gasteiger partial charge >= 0.3 is 0 Å². The van der Waals surface area contributed by atoms with Gasteiger partial charge in [-0.05, 0) is 49.8 Å². The third-order valence-electron chi connectivity index (χ3n) is 7.82. The number of nitrogens with one attached hydrogen (secondary N) is 1. The summed E-state index contributed by atoms with van der Waals surface area (Å²) in [6.45, 7) is 6.01. The number of aryl methyl sites for hydroxylation is 1. The number of aromatic hydroxyl groups is 1. The highest BCUT2D eigenvalue weighted by Gasteiger charge is 2.31. The molecule has 1 aromatic carbocycles. The van der Waals surface area contributed by atoms with Crippen LogP contribution in [0.2, 0.25) is 5.02 Å². The van der Waals surface area contributed by atoms with Crippen LogP contribution in [0.1, 0.15) is 48.8 Å². The highest BCUT2D eigenvalue weighted by molar-refractivity contribution is 8.03. The molecular weight excluding hydrogens is 538 g/mol. The van der Waals surface area contributed by atoms with Gasteiger partial charge in [0.15, 0.2) is 5.56 Å². The number of amides is 1. The minimum absolute atomic E-state index is 0.203. The molecule has 0 spiro atoms. The Morgan fingerprint density at radius 2 is 2.03 bits per heavy atom. The Hall–Kier alpha value is -3.02. The van der Waals surface area contributed by atoms with Crippen LogP contribution >= 0.6 is 23.4 Å². The Balaban J connectivity index is 1.31. The van der Waals surface area contributed by atoms with Gasteiger partial charge in [-0.15, -0.1) is 0 Å². The van der Waals surface area contributed by atoms with Crippen molar-refractivity contribution < 1.29 is 9.90 Å². The second-order valence-corrected chi connectivity index (χ2v) is 12.1. The molecule has 208 valence electrons. The van der Waals surface area contributed by atoms with E-state index >= 15 is 0 Å². The number of carbonyl (C=O) groups excluding carboxylic acids is 1. The molecule has 5 rings (SSSR count). The van der Waals surface area contributed by atoms with Gasteiger partial charge in [-0.25, -0.2) is 4.99 Å². The van der Waals surface area contributed by atoms with E-state index in [0.717, 1.165) is 54.5 Å². The van der Waals surface area contributed by atoms with Gasteiger partial charge in [0.1, 0.15) is 11.7 Å². The summed E-state index contributed by atoms with van der Waals surface area (Å²) in [6, 6.07) is 5.30. The number of piperidine rings is 1. The van der Waals surface area contributed by atoms with Gasteiger partial charge in [0, 0.05) is 38.0 Å². The zero-order valence-corrected chi connectivity index (χ0v) is 23.8. The molecule has 0 atom stereocenters. The largest absolute Gasteiger partial charge is 0.493 e. The van der Waals surface area contributed by atoms with Crippen molar-refractivity contribution in [1.82, 2.24) is 19.4 Å². The predicted octanol–water partition coefficient (Wildman–Crippen LogP) is 3.49. The summed E-state index contributed by atoms with van der Waals surface area (Å²) in [5.41, 5.74) is 5.58. The minimum Gasteiger partial charge on any atom is -0.493 e. The number of thioether (sulfide) groups is 1. The van der Waals surface area contributed by atoms with Crippen molar-refractivity contribution in [2.75, 3.05) is 38.5 Å². The van der Waals surface area contributed by atoms with Crippen LogP contribution in [0.4, 0.5) is 5.69 Å². The van der Waals surface area contributed by atoms with Gasteiger partial charge in [-0.3, -0.25) is 14.2 Å². The number of nitrogens with two attached hydrogens (primary N) is 1. The molecule has 1 amide bonds. The normalized spacial score (nSPS) is 18.8. The zero-order valence-electron chi connectivity index (χ0n) is 22.2. The summed E-state index contributed by atoms with van der Waals surface area (Å²) in [4.78, 5) is 40.0. The number of carbonyl (C=O) groups is 1. The molecule has 0 aliphatic carbocycles. The van der Waals surface area contributed by atoms with Crippen LogP contribution in [0, 0.1) is 5.41 Å². The molecule has 0 radical (unpaired) electrons. The number of likely N-dealkylation sites (N-methyl/N-ethyl adjacent to an activating group) is 1. The van der Waals surface area contributed by atoms with E-state index in [2.05, 4.69) is 27.0 Å². The maximum Gasteiger partial charge on any atom is 0.270 e. The fourth-order valence-corrected chi connectivity index (χ4v) is 6.28. The van der Waals surface area contributed by atoms with Crippen molar-refractivity contribution in [3.8, 4) is 5.88 Å². The lowest BCUT2D eigenvalue weighted by molar-refractivity contribution is 0.102. The molecular formula is C27H34ClN7O3S. The van der Waals surface area contributed by atoms with Gasteiger partial charge in [0.25, 0.3) is 11.5 Å². The number of anilines is 1. The van der Waals surface area contributed by atoms with Crippen LogP contribution in [0.5, 0.6) is 5.88 Å². The van der Waals surface area contributed by atoms with Gasteiger partial charge in [0.05, 0.1) is 28.5 Å². The molecule has 3 aliphatic rings. The van der Waals surface area contributed by atoms with Gasteiger partial charge in [-0.1, -0.05) is 36.4 Å². The summed E-state index contributed by atoms with van der Waals surface area (Å²) in [5.74, 6) is 0.237. The molecule has 0 bridgehead atoms. The molecule has 4 N–H and O–H groups in total. The average molecular weight is 572 g/mol. The molecule has 1 aromatic heterocycles. The van der Waals surface area contributed by atoms with E-state index in [-0.39, 0.29) is 11.0 Å². The van der Waals surface area contributed by atoms with Crippen LogP contribution in [-0.2, 0) is 13.0 Å². The number of amidine groups is 1. The molecule has 1 fully saturated rings. The lowest BCUT2D eigenvalue weighted by Crippen LogP contribution is -2.48. The summed E-state index contributed by atoms with van der Waals surface area (Å²) in [6.07, 6.45) is 6.27. The number of aromatic nitrogens is 2. The second kappa shape index (κ2) is 11.2. The van der Waals surface area contributed by atoms with Crippen molar-refractivity contribution in [2.24, 2.45) is 16.1 Å². The van der Waals surface area contributed by atoms with E-state index in [9.17, 15) is 14.7 Å². The van der Waals surface area contributed by atoms with E-state index in [4.69, 9.17) is 22.3 Å². The highest BCUT2D eigenvalue weighted by Crippen LogP contribution is 2.39. The maximum atomic E-state index is 13.1. The van der Waals surface area contributed by atoms with E-state index < -0.39 is 17.3 Å². The lowest BCUT2D eigenvalue weighted by Gasteiger charge is -2.41. The number of hydrogen-bond acceptors (Lipinski definition) is 9. The molecule has 2 aromatic rings. The van der Waals surface area contributed by atoms with Crippen LogP contribution in [0.25, 0.3) is 0 Å². The Morgan fingerprint density at radius 3 is 2.74 bits per heavy atom. The number of aliphatic imine (C=N–C) groups is 1. The van der Waals surface area contributed by atoms with Crippen molar-refractivity contribution in [3.63, 3.8) is 0 Å². The number of nitrogens with zero attached hydrogens (tertiary/aromatic N) is 5. The van der Waals surface area contributed by atoms with E-state index in [1.165, 1.54) is 16.3 Å². The molecule has 0 saturated carbocycles. The first-order chi connectivity index (χ1) is 18.7. The predicted molar refractivity (Wildman–Crippen MR) is 154 cm³/mol. The Bertz CT molecular complexity index is 1400. The molecule has 10 nitrogen and oxygen atoms in total. The van der Waals surface area contributed by atoms with Gasteiger partial charge < -0.3 is 26.0 Å². The van der Waals surface area contributed by atoms with Crippen molar-refractivity contribution >= 4 is 40.8 Å². The third-order valence-corrected chi connectivity index (χ3v) is 9.53. The number of hydrogen-bond donors (Lipinski definition) is 3. The monoisotopic (exact) mass is 571 g/mol. The number of rotatable bonds is 5. The first-order valence-corrected chi connectivity index (χ1v) is 14.4. The molecule has 39 heavy (non-hydrogen) atoms. The number of likely N-dealkylation sites (tertiary alicyclic amines) is 1. The average Bonchev–Trinajstić information content (AvgIpc) is 2.92. The number of halogens is 1. The molecule has 0 unspecified atom stereocenters. The topological polar surface area (TPSA) is 129 Å². The van der Waals surface area contributed by atoms with Crippen LogP contribution in [0.3, 0.4) is 0 Å². The fourth-order valence-electron chi connectivity index (χ4n) is 5.10. The zero-order chi connectivity index (χ0) is 27.7. The van der Waals surface area contributed by atoms with Crippen LogP contribution in [-0.4, -0.2) is 69.4 Å². The number of benzene rings is 1. The Kier molecular flexibility index (Phi) is 7.93. The van der Waals surface area contributed by atoms with Crippen LogP contribution < -0.4 is 16.6 Å². The Morgan fingerprint density at radius 1 is 1.26 bits per heavy atom. The minimum atomic E-state index is -0.745. The standard InChI is InChI=1S/C27H34ClN7O3S/c1-27(16-29)9-12-34(13-10-27)20-15-33(2)21(14-30-20)39-18-7-5-6-17(23(18)28)31-24(36)22-25(37)32-19-8-3-4-11-35(19)26(22)38/h5-7,14,37H,3-4,8-13,15-16,29H2,1-2H3,(H,31,36). The van der Waals surface area contributed by atoms with E-state index in [1.54, 1.807) is 12.1 Å². The van der Waals surface area contributed by atoms with Crippen molar-refractivity contribution in [1.29, 1.82) is 0 Å². The first kappa shape index (κ1) is 27.5. The third kappa shape index (κ3) is 5.66. The molecule has 4 heterocycles. The number of fused-ring (bicyclic) bond motifs is 1. The Labute approximate surface area is 236 Å². The quantitative estimate of drug-likeness (QED) is 0.497. The first-order valence-electron chi connectivity index (χ1n) is 13.2. The van der Waals surface area contributed by atoms with Crippen LogP contribution in [0.15, 0.2) is 44.1 Å². The fraction of sp³-hybridized carbons (Fsp3) is 0.481. The maximum absolute atomic E-state index is 13.1. The lowest BCUT2D eigenvalue weighted by atomic mass is 9.80. The summed E-state index contributed by atoms with van der Waals surface area (Å²) in [5, 5.41) is 14.3.